The van der Waals surface area contributed by atoms with Crippen LogP contribution in [-0.4, -0.2) is 74.2 Å². The van der Waals surface area contributed by atoms with Crippen molar-refractivity contribution < 1.29 is 18.3 Å². The number of carbonyl (C=O) groups excluding carboxylic acids is 1. The number of nitrogens with zero attached hydrogens (tertiary/aromatic N) is 2. The van der Waals surface area contributed by atoms with Crippen LogP contribution in [0.1, 0.15) is 29.6 Å². The summed E-state index contributed by atoms with van der Waals surface area (Å²) < 4.78 is 32.1. The van der Waals surface area contributed by atoms with Gasteiger partial charge in [-0.15, -0.1) is 12.4 Å². The first-order valence-electron chi connectivity index (χ1n) is 9.42. The lowest BCUT2D eigenvalue weighted by Gasteiger charge is -2.35. The van der Waals surface area contributed by atoms with Crippen molar-refractivity contribution in [2.45, 2.75) is 25.3 Å². The third-order valence-electron chi connectivity index (χ3n) is 5.12. The Morgan fingerprint density at radius 3 is 2.70 bits per heavy atom. The highest BCUT2D eigenvalue weighted by atomic mass is 35.5. The SMILES string of the molecule is Cl.O=C(c1ccc(F)c(F)c1)N(CCCN1CCOCC1)C1CCCNC1. The summed E-state index contributed by atoms with van der Waals surface area (Å²) in [6.07, 6.45) is 2.79. The molecule has 152 valence electrons. The second-order valence-electron chi connectivity index (χ2n) is 6.94. The van der Waals surface area contributed by atoms with Gasteiger partial charge in [0.25, 0.3) is 5.91 Å². The monoisotopic (exact) mass is 403 g/mol. The van der Waals surface area contributed by atoms with Gasteiger partial charge in [-0.25, -0.2) is 8.78 Å². The number of ether oxygens (including phenoxy) is 1. The standard InChI is InChI=1S/C19H27F2N3O2.ClH/c20-17-5-4-15(13-18(17)21)19(25)24(16-3-1-6-22-14-16)8-2-7-23-9-11-26-12-10-23;/h4-5,13,16,22H,1-3,6-12,14H2;1H. The maximum Gasteiger partial charge on any atom is 0.254 e. The number of hydrogen-bond donors (Lipinski definition) is 1. The van der Waals surface area contributed by atoms with E-state index >= 15 is 0 Å². The summed E-state index contributed by atoms with van der Waals surface area (Å²) in [7, 11) is 0. The summed E-state index contributed by atoms with van der Waals surface area (Å²) in [5, 5.41) is 3.33. The van der Waals surface area contributed by atoms with Crippen molar-refractivity contribution in [1.29, 1.82) is 0 Å². The molecule has 3 rings (SSSR count). The number of rotatable bonds is 6. The van der Waals surface area contributed by atoms with Gasteiger partial charge < -0.3 is 15.0 Å². The first kappa shape index (κ1) is 22.0. The Bertz CT molecular complexity index is 609. The molecule has 2 aliphatic rings. The highest BCUT2D eigenvalue weighted by molar-refractivity contribution is 5.94. The van der Waals surface area contributed by atoms with E-state index in [-0.39, 0.29) is 29.9 Å². The van der Waals surface area contributed by atoms with Crippen LogP contribution >= 0.6 is 12.4 Å². The summed E-state index contributed by atoms with van der Waals surface area (Å²) >= 11 is 0. The maximum atomic E-state index is 13.6. The molecule has 0 aliphatic carbocycles. The molecule has 2 saturated heterocycles. The number of amides is 1. The van der Waals surface area contributed by atoms with Crippen LogP contribution in [0.25, 0.3) is 0 Å². The third kappa shape index (κ3) is 6.10. The average molecular weight is 404 g/mol. The van der Waals surface area contributed by atoms with E-state index < -0.39 is 11.6 Å². The quantitative estimate of drug-likeness (QED) is 0.791. The van der Waals surface area contributed by atoms with Crippen molar-refractivity contribution in [3.05, 3.63) is 35.4 Å². The fourth-order valence-corrected chi connectivity index (χ4v) is 3.63. The van der Waals surface area contributed by atoms with E-state index in [0.717, 1.165) is 77.3 Å². The first-order valence-corrected chi connectivity index (χ1v) is 9.42. The van der Waals surface area contributed by atoms with Crippen molar-refractivity contribution in [2.24, 2.45) is 0 Å². The minimum atomic E-state index is -0.981. The van der Waals surface area contributed by atoms with Crippen LogP contribution in [0, 0.1) is 11.6 Å². The van der Waals surface area contributed by atoms with Gasteiger partial charge in [-0.3, -0.25) is 9.69 Å². The second-order valence-corrected chi connectivity index (χ2v) is 6.94. The number of nitrogens with one attached hydrogen (secondary N) is 1. The summed E-state index contributed by atoms with van der Waals surface area (Å²) in [5.41, 5.74) is 0.209. The fourth-order valence-electron chi connectivity index (χ4n) is 3.63. The van der Waals surface area contributed by atoms with E-state index in [0.29, 0.717) is 6.54 Å². The lowest BCUT2D eigenvalue weighted by molar-refractivity contribution is 0.0342. The lowest BCUT2D eigenvalue weighted by Crippen LogP contribution is -2.49. The predicted octanol–water partition coefficient (Wildman–Crippen LogP) is 2.30. The number of morpholine rings is 1. The molecule has 0 aromatic heterocycles. The molecule has 2 heterocycles. The summed E-state index contributed by atoms with van der Waals surface area (Å²) in [5.74, 6) is -2.13. The molecule has 8 heteroatoms. The van der Waals surface area contributed by atoms with Crippen LogP contribution in [0.4, 0.5) is 8.78 Å². The van der Waals surface area contributed by atoms with Gasteiger partial charge in [0.2, 0.25) is 0 Å². The molecule has 0 bridgehead atoms. The van der Waals surface area contributed by atoms with Gasteiger partial charge in [-0.1, -0.05) is 0 Å². The smallest absolute Gasteiger partial charge is 0.254 e. The summed E-state index contributed by atoms with van der Waals surface area (Å²) in [6.45, 7) is 6.56. The molecular formula is C19H28ClF2N3O2. The number of piperidine rings is 1. The van der Waals surface area contributed by atoms with Crippen LogP contribution in [-0.2, 0) is 4.74 Å². The number of carbonyl (C=O) groups is 1. The van der Waals surface area contributed by atoms with E-state index in [2.05, 4.69) is 10.2 Å². The molecule has 0 saturated carbocycles. The van der Waals surface area contributed by atoms with Gasteiger partial charge in [0.05, 0.1) is 13.2 Å². The van der Waals surface area contributed by atoms with E-state index in [1.807, 2.05) is 4.90 Å². The zero-order chi connectivity index (χ0) is 18.4. The van der Waals surface area contributed by atoms with Crippen LogP contribution in [0.2, 0.25) is 0 Å². The Morgan fingerprint density at radius 1 is 1.26 bits per heavy atom. The Hall–Kier alpha value is -1.28. The van der Waals surface area contributed by atoms with E-state index in [9.17, 15) is 13.6 Å². The van der Waals surface area contributed by atoms with E-state index in [4.69, 9.17) is 4.74 Å². The minimum absolute atomic E-state index is 0. The topological polar surface area (TPSA) is 44.8 Å². The highest BCUT2D eigenvalue weighted by Crippen LogP contribution is 2.17. The Labute approximate surface area is 165 Å². The fraction of sp³-hybridized carbons (Fsp3) is 0.632. The number of hydrogen-bond acceptors (Lipinski definition) is 4. The Balaban J connectivity index is 0.00000261. The van der Waals surface area contributed by atoms with Gasteiger partial charge >= 0.3 is 0 Å². The van der Waals surface area contributed by atoms with Crippen LogP contribution in [0.5, 0.6) is 0 Å². The summed E-state index contributed by atoms with van der Waals surface area (Å²) in [4.78, 5) is 17.1. The lowest BCUT2D eigenvalue weighted by atomic mass is 10.0. The Morgan fingerprint density at radius 2 is 2.04 bits per heavy atom. The average Bonchev–Trinajstić information content (AvgIpc) is 2.68. The molecule has 2 fully saturated rings. The summed E-state index contributed by atoms with van der Waals surface area (Å²) in [6, 6.07) is 3.48. The minimum Gasteiger partial charge on any atom is -0.379 e. The molecule has 0 radical (unpaired) electrons. The number of benzene rings is 1. The predicted molar refractivity (Wildman–Crippen MR) is 102 cm³/mol. The zero-order valence-corrected chi connectivity index (χ0v) is 16.3. The van der Waals surface area contributed by atoms with Crippen LogP contribution < -0.4 is 5.32 Å². The van der Waals surface area contributed by atoms with Gasteiger partial charge in [-0.2, -0.15) is 0 Å². The third-order valence-corrected chi connectivity index (χ3v) is 5.12. The molecule has 2 aliphatic heterocycles. The highest BCUT2D eigenvalue weighted by Gasteiger charge is 2.26. The molecule has 1 amide bonds. The van der Waals surface area contributed by atoms with Crippen molar-refractivity contribution >= 4 is 18.3 Å². The van der Waals surface area contributed by atoms with Crippen LogP contribution in [0.3, 0.4) is 0 Å². The van der Waals surface area contributed by atoms with Crippen molar-refractivity contribution in [3.63, 3.8) is 0 Å². The van der Waals surface area contributed by atoms with Crippen molar-refractivity contribution in [1.82, 2.24) is 15.1 Å². The molecule has 1 atom stereocenters. The largest absolute Gasteiger partial charge is 0.379 e. The van der Waals surface area contributed by atoms with Crippen molar-refractivity contribution in [2.75, 3.05) is 52.5 Å². The maximum absolute atomic E-state index is 13.6. The van der Waals surface area contributed by atoms with Crippen LogP contribution in [0.15, 0.2) is 18.2 Å². The van der Waals surface area contributed by atoms with E-state index in [1.54, 1.807) is 0 Å². The Kier molecular flexibility index (Phi) is 8.89. The second kappa shape index (κ2) is 10.9. The molecule has 0 spiro atoms. The molecular weight excluding hydrogens is 376 g/mol. The van der Waals surface area contributed by atoms with Crippen molar-refractivity contribution in [3.8, 4) is 0 Å². The van der Waals surface area contributed by atoms with Gasteiger partial charge in [0.1, 0.15) is 0 Å². The molecule has 1 N–H and O–H groups in total. The molecule has 1 aromatic rings. The normalized spacial score (nSPS) is 20.7. The molecule has 1 aromatic carbocycles. The molecule has 5 nitrogen and oxygen atoms in total. The number of halogens is 3. The van der Waals surface area contributed by atoms with E-state index in [1.165, 1.54) is 6.07 Å². The van der Waals surface area contributed by atoms with Gasteiger partial charge in [-0.05, 0) is 44.0 Å². The van der Waals surface area contributed by atoms with Gasteiger partial charge in [0, 0.05) is 44.3 Å². The first-order chi connectivity index (χ1) is 12.6. The molecule has 27 heavy (non-hydrogen) atoms. The molecule has 1 unspecified atom stereocenters. The van der Waals surface area contributed by atoms with Gasteiger partial charge in [0.15, 0.2) is 11.6 Å². The zero-order valence-electron chi connectivity index (χ0n) is 15.5.